The maximum Gasteiger partial charge on any atom is 0.252 e. The fourth-order valence-electron chi connectivity index (χ4n) is 2.03. The molecule has 100 valence electrons. The van der Waals surface area contributed by atoms with Gasteiger partial charge < -0.3 is 5.73 Å². The molecular weight excluding hydrogens is 238 g/mol. The monoisotopic (exact) mass is 257 g/mol. The third-order valence-corrected chi connectivity index (χ3v) is 3.13. The molecule has 0 bridgehead atoms. The molecule has 2 aromatic rings. The van der Waals surface area contributed by atoms with E-state index in [-0.39, 0.29) is 16.9 Å². The lowest BCUT2D eigenvalue weighted by Gasteiger charge is -2.20. The van der Waals surface area contributed by atoms with E-state index in [9.17, 15) is 4.79 Å². The van der Waals surface area contributed by atoms with Crippen molar-refractivity contribution in [2.75, 3.05) is 5.73 Å². The van der Waals surface area contributed by atoms with Gasteiger partial charge in [-0.1, -0.05) is 39.0 Å². The van der Waals surface area contributed by atoms with Gasteiger partial charge in [-0.25, -0.2) is 4.98 Å². The minimum absolute atomic E-state index is 0.101. The van der Waals surface area contributed by atoms with Crippen molar-refractivity contribution in [1.82, 2.24) is 9.97 Å². The lowest BCUT2D eigenvalue weighted by Crippen LogP contribution is -2.12. The number of nitrogen functional groups attached to an aromatic ring is 1. The quantitative estimate of drug-likeness (QED) is 0.825. The van der Waals surface area contributed by atoms with Gasteiger partial charge in [0.2, 0.25) is 5.95 Å². The van der Waals surface area contributed by atoms with E-state index in [1.54, 1.807) is 0 Å². The Kier molecular flexibility index (Phi) is 3.18. The van der Waals surface area contributed by atoms with Crippen LogP contribution in [0.5, 0.6) is 0 Å². The number of aromatic nitrogens is 2. The largest absolute Gasteiger partial charge is 0.369 e. The van der Waals surface area contributed by atoms with Gasteiger partial charge in [-0.05, 0) is 23.5 Å². The smallest absolute Gasteiger partial charge is 0.252 e. The molecule has 0 spiro atoms. The van der Waals surface area contributed by atoms with Gasteiger partial charge in [-0.15, -0.1) is 0 Å². The topological polar surface area (TPSA) is 71.8 Å². The minimum Gasteiger partial charge on any atom is -0.369 e. The third kappa shape index (κ3) is 2.84. The molecule has 0 aliphatic rings. The van der Waals surface area contributed by atoms with E-state index in [0.717, 1.165) is 11.1 Å². The number of H-pyrrole nitrogens is 1. The van der Waals surface area contributed by atoms with Gasteiger partial charge in [0.05, 0.1) is 5.69 Å². The zero-order chi connectivity index (χ0) is 14.2. The number of rotatable bonds is 1. The molecule has 0 saturated heterocycles. The molecule has 2 rings (SSSR count). The summed E-state index contributed by atoms with van der Waals surface area (Å²) in [5, 5.41) is 0. The maximum atomic E-state index is 11.4. The summed E-state index contributed by atoms with van der Waals surface area (Å²) in [6.07, 6.45) is 0. The second-order valence-corrected chi connectivity index (χ2v) is 5.80. The van der Waals surface area contributed by atoms with Gasteiger partial charge in [-0.3, -0.25) is 9.78 Å². The molecule has 0 aliphatic heterocycles. The fourth-order valence-corrected chi connectivity index (χ4v) is 2.03. The molecule has 1 heterocycles. The van der Waals surface area contributed by atoms with Gasteiger partial charge in [0.1, 0.15) is 0 Å². The molecule has 1 aromatic heterocycles. The van der Waals surface area contributed by atoms with Crippen molar-refractivity contribution in [2.24, 2.45) is 0 Å². The average molecular weight is 257 g/mol. The summed E-state index contributed by atoms with van der Waals surface area (Å²) in [4.78, 5) is 18.1. The number of aryl methyl sites for hydroxylation is 1. The Labute approximate surface area is 112 Å². The summed E-state index contributed by atoms with van der Waals surface area (Å²) < 4.78 is 0. The van der Waals surface area contributed by atoms with E-state index in [1.165, 1.54) is 11.6 Å². The van der Waals surface area contributed by atoms with Gasteiger partial charge in [0.25, 0.3) is 5.56 Å². The van der Waals surface area contributed by atoms with E-state index >= 15 is 0 Å². The van der Waals surface area contributed by atoms with Crippen LogP contribution in [0.15, 0.2) is 29.1 Å². The molecule has 19 heavy (non-hydrogen) atoms. The van der Waals surface area contributed by atoms with E-state index in [0.29, 0.717) is 5.69 Å². The Bertz CT molecular complexity index is 666. The van der Waals surface area contributed by atoms with Crippen molar-refractivity contribution < 1.29 is 0 Å². The van der Waals surface area contributed by atoms with Gasteiger partial charge in [0.15, 0.2) is 0 Å². The summed E-state index contributed by atoms with van der Waals surface area (Å²) in [5.74, 6) is 0.141. The number of hydrogen-bond donors (Lipinski definition) is 2. The van der Waals surface area contributed by atoms with Crippen LogP contribution < -0.4 is 11.3 Å². The molecular formula is C15H19N3O. The highest BCUT2D eigenvalue weighted by Gasteiger charge is 2.15. The second kappa shape index (κ2) is 4.53. The van der Waals surface area contributed by atoms with Crippen molar-refractivity contribution in [2.45, 2.75) is 33.1 Å². The van der Waals surface area contributed by atoms with E-state index in [4.69, 9.17) is 5.73 Å². The standard InChI is InChI=1S/C15H19N3O/c1-9-7-10(15(2,3)4)5-6-11(9)12-8-13(19)18-14(16)17-12/h5-8H,1-4H3,(H3,16,17,18,19). The highest BCUT2D eigenvalue weighted by atomic mass is 16.1. The molecule has 4 heteroatoms. The van der Waals surface area contributed by atoms with Gasteiger partial charge in [0, 0.05) is 11.6 Å². The van der Waals surface area contributed by atoms with E-state index in [1.807, 2.05) is 13.0 Å². The van der Waals surface area contributed by atoms with Crippen LogP contribution in [0.25, 0.3) is 11.3 Å². The molecule has 0 atom stereocenters. The number of anilines is 1. The number of hydrogen-bond acceptors (Lipinski definition) is 3. The minimum atomic E-state index is -0.234. The first-order valence-electron chi connectivity index (χ1n) is 6.26. The number of nitrogens with two attached hydrogens (primary N) is 1. The molecule has 0 amide bonds. The molecule has 0 fully saturated rings. The Morgan fingerprint density at radius 2 is 1.89 bits per heavy atom. The van der Waals surface area contributed by atoms with Crippen LogP contribution in [0.4, 0.5) is 5.95 Å². The van der Waals surface area contributed by atoms with Gasteiger partial charge >= 0.3 is 0 Å². The molecule has 1 aromatic carbocycles. The van der Waals surface area contributed by atoms with Crippen molar-refractivity contribution in [3.05, 3.63) is 45.7 Å². The van der Waals surface area contributed by atoms with Crippen LogP contribution in [-0.4, -0.2) is 9.97 Å². The number of benzene rings is 1. The number of nitrogens with one attached hydrogen (secondary N) is 1. The normalized spacial score (nSPS) is 11.6. The first-order valence-corrected chi connectivity index (χ1v) is 6.26. The molecule has 0 saturated carbocycles. The van der Waals surface area contributed by atoms with Crippen molar-refractivity contribution in [3.8, 4) is 11.3 Å². The van der Waals surface area contributed by atoms with Crippen molar-refractivity contribution in [1.29, 1.82) is 0 Å². The molecule has 0 aliphatic carbocycles. The van der Waals surface area contributed by atoms with Crippen LogP contribution in [0.2, 0.25) is 0 Å². The van der Waals surface area contributed by atoms with Crippen LogP contribution >= 0.6 is 0 Å². The summed E-state index contributed by atoms with van der Waals surface area (Å²) >= 11 is 0. The molecule has 4 nitrogen and oxygen atoms in total. The Hall–Kier alpha value is -2.10. The van der Waals surface area contributed by atoms with E-state index < -0.39 is 0 Å². The van der Waals surface area contributed by atoms with Crippen LogP contribution in [0.1, 0.15) is 31.9 Å². The van der Waals surface area contributed by atoms with Crippen LogP contribution in [-0.2, 0) is 5.41 Å². The number of nitrogens with zero attached hydrogens (tertiary/aromatic N) is 1. The Balaban J connectivity index is 2.55. The zero-order valence-electron chi connectivity index (χ0n) is 11.7. The Morgan fingerprint density at radius 1 is 1.21 bits per heavy atom. The van der Waals surface area contributed by atoms with Crippen LogP contribution in [0.3, 0.4) is 0 Å². The molecule has 0 unspecified atom stereocenters. The number of aromatic amines is 1. The van der Waals surface area contributed by atoms with E-state index in [2.05, 4.69) is 42.9 Å². The Morgan fingerprint density at radius 3 is 2.42 bits per heavy atom. The van der Waals surface area contributed by atoms with Crippen LogP contribution in [0, 0.1) is 6.92 Å². The molecule has 0 radical (unpaired) electrons. The highest BCUT2D eigenvalue weighted by Crippen LogP contribution is 2.28. The van der Waals surface area contributed by atoms with Gasteiger partial charge in [-0.2, -0.15) is 0 Å². The first kappa shape index (κ1) is 13.3. The fraction of sp³-hybridized carbons (Fsp3) is 0.333. The predicted molar refractivity (Wildman–Crippen MR) is 78.1 cm³/mol. The summed E-state index contributed by atoms with van der Waals surface area (Å²) in [7, 11) is 0. The highest BCUT2D eigenvalue weighted by molar-refractivity contribution is 5.64. The maximum absolute atomic E-state index is 11.4. The first-order chi connectivity index (χ1) is 8.77. The average Bonchev–Trinajstić information content (AvgIpc) is 2.26. The second-order valence-electron chi connectivity index (χ2n) is 5.80. The lowest BCUT2D eigenvalue weighted by atomic mass is 9.85. The predicted octanol–water partition coefficient (Wildman–Crippen LogP) is 2.63. The van der Waals surface area contributed by atoms with Crippen molar-refractivity contribution >= 4 is 5.95 Å². The van der Waals surface area contributed by atoms with Crippen molar-refractivity contribution in [3.63, 3.8) is 0 Å². The summed E-state index contributed by atoms with van der Waals surface area (Å²) in [5.41, 5.74) is 9.34. The lowest BCUT2D eigenvalue weighted by molar-refractivity contribution is 0.590. The summed E-state index contributed by atoms with van der Waals surface area (Å²) in [6.45, 7) is 8.53. The molecule has 3 N–H and O–H groups in total. The zero-order valence-corrected chi connectivity index (χ0v) is 11.7. The third-order valence-electron chi connectivity index (χ3n) is 3.13. The SMILES string of the molecule is Cc1cc(C(C)(C)C)ccc1-c1cc(=O)[nH]c(N)n1. The summed E-state index contributed by atoms with van der Waals surface area (Å²) in [6, 6.07) is 7.67.